The number of thiophene rings is 1. The summed E-state index contributed by atoms with van der Waals surface area (Å²) in [6.45, 7) is 6.59. The number of nitrogens with one attached hydrogen (secondary N) is 1. The lowest BCUT2D eigenvalue weighted by Gasteiger charge is -2.32. The Labute approximate surface area is 237 Å². The van der Waals surface area contributed by atoms with Gasteiger partial charge < -0.3 is 14.8 Å². The van der Waals surface area contributed by atoms with Crippen LogP contribution in [-0.4, -0.2) is 64.6 Å². The molecule has 0 bridgehead atoms. The van der Waals surface area contributed by atoms with E-state index in [0.717, 1.165) is 4.88 Å². The molecular weight excluding hydrogens is 561 g/mol. The van der Waals surface area contributed by atoms with Crippen molar-refractivity contribution in [3.8, 4) is 11.3 Å². The number of amides is 2. The number of alkyl halides is 3. The van der Waals surface area contributed by atoms with Gasteiger partial charge in [0.05, 0.1) is 40.9 Å². The minimum atomic E-state index is -5.19. The van der Waals surface area contributed by atoms with Crippen LogP contribution in [0.25, 0.3) is 21.5 Å². The molecule has 5 heterocycles. The van der Waals surface area contributed by atoms with Crippen molar-refractivity contribution in [2.24, 2.45) is 17.3 Å². The van der Waals surface area contributed by atoms with Gasteiger partial charge in [0, 0.05) is 41.5 Å². The number of rotatable bonds is 6. The number of pyridine rings is 2. The number of piperidine rings is 1. The zero-order valence-electron chi connectivity index (χ0n) is 22.4. The van der Waals surface area contributed by atoms with Gasteiger partial charge in [-0.15, -0.1) is 11.3 Å². The average molecular weight is 589 g/mol. The van der Waals surface area contributed by atoms with Crippen molar-refractivity contribution >= 4 is 39.3 Å². The van der Waals surface area contributed by atoms with Crippen LogP contribution in [0.4, 0.5) is 13.2 Å². The summed E-state index contributed by atoms with van der Waals surface area (Å²) in [6.07, 6.45) is -4.37. The zero-order chi connectivity index (χ0) is 29.3. The molecule has 1 N–H and O–H groups in total. The lowest BCUT2D eigenvalue weighted by Crippen LogP contribution is -2.44. The summed E-state index contributed by atoms with van der Waals surface area (Å²) in [5.41, 5.74) is 2.05. The number of ether oxygens (including phenoxy) is 2. The second-order valence-corrected chi connectivity index (χ2v) is 12.3. The molecule has 3 unspecified atom stereocenters. The van der Waals surface area contributed by atoms with Gasteiger partial charge in [-0.25, -0.2) is 4.79 Å². The van der Waals surface area contributed by atoms with Crippen LogP contribution < -0.4 is 5.32 Å². The summed E-state index contributed by atoms with van der Waals surface area (Å²) >= 11 is 1.33. The Morgan fingerprint density at radius 1 is 1.22 bits per heavy atom. The van der Waals surface area contributed by atoms with Crippen molar-refractivity contribution < 1.29 is 37.0 Å². The van der Waals surface area contributed by atoms with E-state index in [9.17, 15) is 27.6 Å². The van der Waals surface area contributed by atoms with Crippen LogP contribution >= 0.6 is 11.3 Å². The van der Waals surface area contributed by atoms with Gasteiger partial charge in [0.2, 0.25) is 11.8 Å². The molecule has 0 aromatic carbocycles. The number of morpholine rings is 1. The monoisotopic (exact) mass is 588 g/mol. The van der Waals surface area contributed by atoms with Gasteiger partial charge in [0.25, 0.3) is 0 Å². The Bertz CT molecular complexity index is 1540. The van der Waals surface area contributed by atoms with Crippen molar-refractivity contribution in [1.82, 2.24) is 20.2 Å². The Balaban J connectivity index is 1.39. The molecule has 4 atom stereocenters. The van der Waals surface area contributed by atoms with Gasteiger partial charge in [-0.1, -0.05) is 13.8 Å². The highest BCUT2D eigenvalue weighted by atomic mass is 32.1. The number of carbonyl (C=O) groups excluding carboxylic acids is 3. The van der Waals surface area contributed by atoms with Crippen molar-refractivity contribution in [1.29, 1.82) is 0 Å². The Hall–Kier alpha value is -3.42. The predicted octanol–water partition coefficient (Wildman–Crippen LogP) is 3.94. The lowest BCUT2D eigenvalue weighted by molar-refractivity contribution is -0.212. The molecule has 9 nitrogen and oxygen atoms in total. The van der Waals surface area contributed by atoms with Gasteiger partial charge in [0.1, 0.15) is 6.10 Å². The molecule has 41 heavy (non-hydrogen) atoms. The Kier molecular flexibility index (Phi) is 6.66. The second-order valence-electron chi connectivity index (χ2n) is 11.2. The molecule has 3 fully saturated rings. The number of hydrogen-bond donors (Lipinski definition) is 1. The molecule has 2 aliphatic heterocycles. The minimum Gasteiger partial charge on any atom is -0.448 e. The smallest absolute Gasteiger partial charge is 0.448 e. The van der Waals surface area contributed by atoms with E-state index in [1.807, 2.05) is 13.8 Å². The molecule has 216 valence electrons. The standard InChI is InChI=1S/C28H27F3N4O5S/c1-13-4-6-34-21(18(13)22(17-11-32-8-9-39-17)40-26(38)28(29,30)31)15-5-7-33-16-10-14(41-23(15)16)12-35-24(36)19-20(25(35)37)27(19,2)3/h4-7,10,17,19-20,22,32H,8-9,11-12H2,1-3H3/t17-,19?,20?,22?/m0/s1. The molecule has 6 rings (SSSR count). The first-order chi connectivity index (χ1) is 19.4. The maximum absolute atomic E-state index is 13.3. The first-order valence-electron chi connectivity index (χ1n) is 13.2. The highest BCUT2D eigenvalue weighted by Gasteiger charge is 2.72. The van der Waals surface area contributed by atoms with E-state index in [0.29, 0.717) is 39.1 Å². The summed E-state index contributed by atoms with van der Waals surface area (Å²) in [5.74, 6) is -3.23. The highest BCUT2D eigenvalue weighted by Crippen LogP contribution is 2.63. The normalized spacial score (nSPS) is 24.4. The number of aromatic nitrogens is 2. The van der Waals surface area contributed by atoms with Gasteiger partial charge in [-0.05, 0) is 36.1 Å². The van der Waals surface area contributed by atoms with Crippen LogP contribution in [0.1, 0.15) is 36.0 Å². The fourth-order valence-electron chi connectivity index (χ4n) is 5.99. The van der Waals surface area contributed by atoms with Crippen molar-refractivity contribution in [3.63, 3.8) is 0 Å². The predicted molar refractivity (Wildman–Crippen MR) is 141 cm³/mol. The van der Waals surface area contributed by atoms with Crippen LogP contribution in [0.2, 0.25) is 0 Å². The molecule has 2 saturated heterocycles. The van der Waals surface area contributed by atoms with Gasteiger partial charge in [0.15, 0.2) is 6.10 Å². The number of carbonyl (C=O) groups is 3. The SMILES string of the molecule is Cc1ccnc(-c2ccnc3cc(CN4C(=O)C5C(C4=O)C5(C)C)sc23)c1C(OC(=O)C(F)(F)F)[C@@H]1CNCCO1. The van der Waals surface area contributed by atoms with Crippen molar-refractivity contribution in [2.45, 2.75) is 45.7 Å². The third-order valence-corrected chi connectivity index (χ3v) is 9.32. The summed E-state index contributed by atoms with van der Waals surface area (Å²) in [4.78, 5) is 48.8. The molecular formula is C28H27F3N4O5S. The fraction of sp³-hybridized carbons (Fsp3) is 0.464. The molecule has 13 heteroatoms. The first kappa shape index (κ1) is 27.7. The lowest BCUT2D eigenvalue weighted by atomic mass is 9.94. The van der Waals surface area contributed by atoms with E-state index >= 15 is 0 Å². The topological polar surface area (TPSA) is 111 Å². The third kappa shape index (κ3) is 4.69. The molecule has 2 amide bonds. The maximum Gasteiger partial charge on any atom is 0.490 e. The summed E-state index contributed by atoms with van der Waals surface area (Å²) in [7, 11) is 0. The Morgan fingerprint density at radius 3 is 2.59 bits per heavy atom. The Morgan fingerprint density at radius 2 is 1.93 bits per heavy atom. The van der Waals surface area contributed by atoms with E-state index in [1.165, 1.54) is 22.4 Å². The molecule has 0 radical (unpaired) electrons. The molecule has 0 spiro atoms. The van der Waals surface area contributed by atoms with Crippen LogP contribution in [0.3, 0.4) is 0 Å². The summed E-state index contributed by atoms with van der Waals surface area (Å²) in [6, 6.07) is 5.13. The number of esters is 1. The first-order valence-corrected chi connectivity index (χ1v) is 14.0. The quantitative estimate of drug-likeness (QED) is 0.341. The largest absolute Gasteiger partial charge is 0.490 e. The van der Waals surface area contributed by atoms with Crippen LogP contribution in [0, 0.1) is 24.2 Å². The van der Waals surface area contributed by atoms with Crippen LogP contribution in [-0.2, 0) is 30.4 Å². The van der Waals surface area contributed by atoms with Crippen molar-refractivity contribution in [3.05, 3.63) is 46.6 Å². The average Bonchev–Trinajstić information content (AvgIpc) is 3.16. The molecule has 1 aliphatic carbocycles. The van der Waals surface area contributed by atoms with E-state index in [2.05, 4.69) is 15.3 Å². The minimum absolute atomic E-state index is 0.114. The highest BCUT2D eigenvalue weighted by molar-refractivity contribution is 7.19. The van der Waals surface area contributed by atoms with Crippen LogP contribution in [0.15, 0.2) is 30.6 Å². The molecule has 3 aromatic heterocycles. The molecule has 1 saturated carbocycles. The third-order valence-electron chi connectivity index (χ3n) is 8.18. The number of nitrogens with zero attached hydrogens (tertiary/aromatic N) is 3. The number of imide groups is 1. The van der Waals surface area contributed by atoms with Crippen LogP contribution in [0.5, 0.6) is 0 Å². The molecule has 3 aliphatic rings. The van der Waals surface area contributed by atoms with Crippen molar-refractivity contribution in [2.75, 3.05) is 19.7 Å². The zero-order valence-corrected chi connectivity index (χ0v) is 23.3. The van der Waals surface area contributed by atoms with E-state index in [4.69, 9.17) is 9.47 Å². The number of fused-ring (bicyclic) bond motifs is 2. The van der Waals surface area contributed by atoms with E-state index in [1.54, 1.807) is 31.3 Å². The number of likely N-dealkylation sites (tertiary alicyclic amines) is 1. The maximum atomic E-state index is 13.3. The molecule has 3 aromatic rings. The number of hydrogen-bond acceptors (Lipinski definition) is 9. The van der Waals surface area contributed by atoms with Gasteiger partial charge in [-0.3, -0.25) is 24.5 Å². The van der Waals surface area contributed by atoms with Gasteiger partial charge >= 0.3 is 12.1 Å². The summed E-state index contributed by atoms with van der Waals surface area (Å²) < 4.78 is 51.5. The number of halogens is 3. The summed E-state index contributed by atoms with van der Waals surface area (Å²) in [5, 5.41) is 3.08. The van der Waals surface area contributed by atoms with E-state index in [-0.39, 0.29) is 48.8 Å². The fourth-order valence-corrected chi connectivity index (χ4v) is 7.11. The number of aryl methyl sites for hydroxylation is 1. The van der Waals surface area contributed by atoms with Gasteiger partial charge in [-0.2, -0.15) is 13.2 Å². The second kappa shape index (κ2) is 9.85. The van der Waals surface area contributed by atoms with E-state index < -0.39 is 24.4 Å².